The zero-order valence-corrected chi connectivity index (χ0v) is 41.4. The second-order valence-electron chi connectivity index (χ2n) is 17.6. The van der Waals surface area contributed by atoms with Gasteiger partial charge in [0.1, 0.15) is 0 Å². The van der Waals surface area contributed by atoms with E-state index in [0.717, 1.165) is 7.16 Å². The van der Waals surface area contributed by atoms with Crippen LogP contribution in [0, 0.1) is 41.5 Å². The summed E-state index contributed by atoms with van der Waals surface area (Å²) >= 11 is -5.08. The number of halogens is 1. The number of rotatable bonds is 10. The monoisotopic (exact) mass is 872 g/mol. The van der Waals surface area contributed by atoms with Gasteiger partial charge in [-0.1, -0.05) is 0 Å². The van der Waals surface area contributed by atoms with Crippen molar-refractivity contribution >= 4 is 50.6 Å². The van der Waals surface area contributed by atoms with Crippen LogP contribution >= 0.6 is 0 Å². The summed E-state index contributed by atoms with van der Waals surface area (Å²) in [5.41, 5.74) is 16.4. The van der Waals surface area contributed by atoms with Crippen molar-refractivity contribution in [3.05, 3.63) is 115 Å². The van der Waals surface area contributed by atoms with Crippen molar-refractivity contribution in [3.8, 4) is 0 Å². The normalized spacial score (nSPS) is 12.1. The van der Waals surface area contributed by atoms with Gasteiger partial charge in [-0.15, -0.1) is 0 Å². The first kappa shape index (κ1) is 44.5. The summed E-state index contributed by atoms with van der Waals surface area (Å²) in [7, 11) is 0. The number of aryl methyl sites for hydroxylation is 6. The molecule has 0 spiro atoms. The van der Waals surface area contributed by atoms with E-state index < -0.39 is 34.7 Å². The van der Waals surface area contributed by atoms with Crippen molar-refractivity contribution < 1.29 is 2.87 Å². The molecule has 0 fully saturated rings. The molecule has 0 aliphatic carbocycles. The number of hydrogen-bond donors (Lipinski definition) is 0. The summed E-state index contributed by atoms with van der Waals surface area (Å²) in [6, 6.07) is 18.7. The molecular weight excluding hydrogens is 799 g/mol. The minimum atomic E-state index is -3.65. The van der Waals surface area contributed by atoms with Gasteiger partial charge in [-0.2, -0.15) is 0 Å². The van der Waals surface area contributed by atoms with E-state index in [2.05, 4.69) is 179 Å². The molecule has 0 amide bonds. The van der Waals surface area contributed by atoms with E-state index in [1.54, 1.807) is 8.79 Å². The Labute approximate surface area is 332 Å². The van der Waals surface area contributed by atoms with Crippen LogP contribution in [0.2, 0.25) is 5.76 Å². The van der Waals surface area contributed by atoms with Gasteiger partial charge in [0.05, 0.1) is 0 Å². The standard InChI is InChI=1S/C19H25Ge.2C15H23.FH.Sn/c1-12-8-14(3)18(15(4)9-12)20(7)19-16(5)10-13(2)11-17(19)6;2*1-10(2)13-7-14(11(3)4)9-15(8-13)12(5)6;;/h8-11H,1-7H3;2*7-8,10-12H,1-6H3;1H;/q;;;;+1/p-1. The Morgan fingerprint density at radius 3 is 0.827 bits per heavy atom. The van der Waals surface area contributed by atoms with E-state index in [4.69, 9.17) is 0 Å². The van der Waals surface area contributed by atoms with Crippen LogP contribution in [0.5, 0.6) is 0 Å². The van der Waals surface area contributed by atoms with Gasteiger partial charge in [0.2, 0.25) is 0 Å². The number of hydrogen-bond acceptors (Lipinski definition) is 0. The third kappa shape index (κ3) is 10.3. The van der Waals surface area contributed by atoms with Crippen molar-refractivity contribution in [1.82, 2.24) is 0 Å². The van der Waals surface area contributed by atoms with Crippen LogP contribution in [0.3, 0.4) is 0 Å². The van der Waals surface area contributed by atoms with Crippen LogP contribution < -0.4 is 16.0 Å². The molecule has 0 aliphatic heterocycles. The van der Waals surface area contributed by atoms with Gasteiger partial charge in [0.25, 0.3) is 0 Å². The Bertz CT molecular complexity index is 1600. The fourth-order valence-corrected chi connectivity index (χ4v) is 22.0. The molecule has 0 atom stereocenters. The molecular formula is C49H71FGeSn. The Balaban J connectivity index is 0.000000311. The fraction of sp³-hybridized carbons (Fsp3) is 0.510. The zero-order chi connectivity index (χ0) is 39.5. The maximum absolute atomic E-state index is 17.2. The molecule has 0 heterocycles. The summed E-state index contributed by atoms with van der Waals surface area (Å²) in [6.45, 7) is 40.4. The summed E-state index contributed by atoms with van der Waals surface area (Å²) in [6.07, 6.45) is 0. The van der Waals surface area contributed by atoms with Crippen LogP contribution in [0.25, 0.3) is 0 Å². The summed E-state index contributed by atoms with van der Waals surface area (Å²) in [5, 5.41) is 0. The van der Waals surface area contributed by atoms with Gasteiger partial charge in [0.15, 0.2) is 0 Å². The van der Waals surface area contributed by atoms with Crippen molar-refractivity contribution in [3.63, 3.8) is 0 Å². The molecule has 0 saturated carbocycles. The van der Waals surface area contributed by atoms with Gasteiger partial charge in [-0.05, 0) is 0 Å². The molecule has 3 heteroatoms. The third-order valence-electron chi connectivity index (χ3n) is 10.8. The topological polar surface area (TPSA) is 0 Å². The molecule has 0 saturated heterocycles. The molecule has 0 aromatic heterocycles. The van der Waals surface area contributed by atoms with Crippen molar-refractivity contribution in [2.75, 3.05) is 0 Å². The Morgan fingerprint density at radius 2 is 0.635 bits per heavy atom. The van der Waals surface area contributed by atoms with Gasteiger partial charge in [-0.25, -0.2) is 0 Å². The van der Waals surface area contributed by atoms with Crippen molar-refractivity contribution in [2.24, 2.45) is 0 Å². The van der Waals surface area contributed by atoms with Crippen LogP contribution in [-0.2, 0) is 0 Å². The number of benzene rings is 4. The first-order chi connectivity index (χ1) is 24.1. The molecule has 0 bridgehead atoms. The van der Waals surface area contributed by atoms with E-state index in [0.29, 0.717) is 35.5 Å². The molecule has 0 aliphatic rings. The zero-order valence-electron chi connectivity index (χ0n) is 36.5. The minimum absolute atomic E-state index is 0.326. The van der Waals surface area contributed by atoms with E-state index >= 15 is 2.87 Å². The first-order valence-electron chi connectivity index (χ1n) is 20.0. The molecule has 4 rings (SSSR count). The maximum atomic E-state index is 17.2. The molecule has 0 N–H and O–H groups in total. The first-order valence-corrected chi connectivity index (χ1v) is 28.1. The van der Waals surface area contributed by atoms with Gasteiger partial charge in [-0.3, -0.25) is 0 Å². The SMILES string of the molecule is CC(C)c1cc(C(C)C)[c]([Sn]([F])[c]2c(C(C)C)cc(C(C)C)cc2C(C)C)c(C(C)C)c1.Cc1cc(C)[c]([Ge]([CH3])[c]2c(C)cc(C)cc2C)c(C)c1. The molecule has 282 valence electrons. The quantitative estimate of drug-likeness (QED) is 0.139. The van der Waals surface area contributed by atoms with E-state index in [-0.39, 0.29) is 0 Å². The predicted octanol–water partition coefficient (Wildman–Crippen LogP) is 12.3. The van der Waals surface area contributed by atoms with Gasteiger partial charge in [0, 0.05) is 0 Å². The summed E-state index contributed by atoms with van der Waals surface area (Å²) in [5.74, 6) is 4.72. The van der Waals surface area contributed by atoms with E-state index in [1.165, 1.54) is 66.8 Å². The molecule has 4 aromatic carbocycles. The third-order valence-corrected chi connectivity index (χ3v) is 23.1. The predicted molar refractivity (Wildman–Crippen MR) is 236 cm³/mol. The van der Waals surface area contributed by atoms with Crippen LogP contribution in [0.1, 0.15) is 185 Å². The van der Waals surface area contributed by atoms with E-state index in [9.17, 15) is 0 Å². The molecule has 2 radical (unpaired) electrons. The van der Waals surface area contributed by atoms with Crippen molar-refractivity contribution in [1.29, 1.82) is 0 Å². The average Bonchev–Trinajstić information content (AvgIpc) is 3.02. The van der Waals surface area contributed by atoms with Crippen molar-refractivity contribution in [2.45, 2.75) is 166 Å². The molecule has 52 heavy (non-hydrogen) atoms. The van der Waals surface area contributed by atoms with E-state index in [1.807, 2.05) is 0 Å². The second-order valence-corrected chi connectivity index (χ2v) is 26.9. The Morgan fingerprint density at radius 1 is 0.404 bits per heavy atom. The molecule has 0 nitrogen and oxygen atoms in total. The average molecular weight is 870 g/mol. The second kappa shape index (κ2) is 18.7. The van der Waals surface area contributed by atoms with Crippen LogP contribution in [0.4, 0.5) is 2.87 Å². The fourth-order valence-electron chi connectivity index (χ4n) is 8.21. The summed E-state index contributed by atoms with van der Waals surface area (Å²) < 4.78 is 22.8. The Kier molecular flexibility index (Phi) is 16.0. The van der Waals surface area contributed by atoms with Gasteiger partial charge < -0.3 is 0 Å². The molecule has 0 unspecified atom stereocenters. The molecule has 4 aromatic rings. The summed E-state index contributed by atoms with van der Waals surface area (Å²) in [4.78, 5) is 0. The van der Waals surface area contributed by atoms with Crippen LogP contribution in [-0.4, -0.2) is 34.7 Å². The van der Waals surface area contributed by atoms with Gasteiger partial charge >= 0.3 is 335 Å². The van der Waals surface area contributed by atoms with Crippen LogP contribution in [0.15, 0.2) is 48.5 Å². The Hall–Kier alpha value is -1.85.